The van der Waals surface area contributed by atoms with Gasteiger partial charge in [0.15, 0.2) is 5.82 Å². The molecule has 2 rings (SSSR count). The summed E-state index contributed by atoms with van der Waals surface area (Å²) in [5, 5.41) is 0. The monoisotopic (exact) mass is 312 g/mol. The van der Waals surface area contributed by atoms with Crippen LogP contribution in [0.2, 0.25) is 0 Å². The van der Waals surface area contributed by atoms with Crippen LogP contribution < -0.4 is 0 Å². The number of likely N-dealkylation sites (N-methyl/N-ethyl adjacent to an activating group) is 1. The summed E-state index contributed by atoms with van der Waals surface area (Å²) in [5.74, 6) is -0.651. The molecule has 1 heterocycles. The van der Waals surface area contributed by atoms with Gasteiger partial charge in [0.1, 0.15) is 4.90 Å². The third-order valence-corrected chi connectivity index (χ3v) is 5.64. The van der Waals surface area contributed by atoms with Crippen molar-refractivity contribution < 1.29 is 12.8 Å². The average molecular weight is 312 g/mol. The minimum atomic E-state index is -3.76. The predicted molar refractivity (Wildman–Crippen MR) is 82.0 cm³/mol. The molecule has 0 atom stereocenters. The third kappa shape index (κ3) is 3.17. The third-order valence-electron chi connectivity index (χ3n) is 3.81. The number of sulfonamides is 1. The Morgan fingerprint density at radius 1 is 1.33 bits per heavy atom. The van der Waals surface area contributed by atoms with Gasteiger partial charge in [0.25, 0.3) is 0 Å². The first-order valence-electron chi connectivity index (χ1n) is 7.00. The Hall–Kier alpha value is -1.24. The number of benzene rings is 1. The van der Waals surface area contributed by atoms with Crippen LogP contribution >= 0.6 is 0 Å². The zero-order valence-corrected chi connectivity index (χ0v) is 13.5. The highest BCUT2D eigenvalue weighted by molar-refractivity contribution is 7.89. The smallest absolute Gasteiger partial charge is 0.245 e. The van der Waals surface area contributed by atoms with Crippen LogP contribution in [0.1, 0.15) is 18.9 Å². The molecule has 116 valence electrons. The maximum absolute atomic E-state index is 14.6. The van der Waals surface area contributed by atoms with Gasteiger partial charge in [0, 0.05) is 32.7 Å². The van der Waals surface area contributed by atoms with Gasteiger partial charge in [-0.2, -0.15) is 0 Å². The molecule has 0 bridgehead atoms. The molecule has 0 saturated carbocycles. The van der Waals surface area contributed by atoms with Gasteiger partial charge >= 0.3 is 0 Å². The molecule has 0 unspecified atom stereocenters. The van der Waals surface area contributed by atoms with Crippen molar-refractivity contribution in [1.29, 1.82) is 0 Å². The van der Waals surface area contributed by atoms with Crippen LogP contribution in [0, 0.1) is 5.82 Å². The summed E-state index contributed by atoms with van der Waals surface area (Å²) in [6.45, 7) is 4.69. The topological polar surface area (TPSA) is 40.6 Å². The molecule has 1 aromatic rings. The predicted octanol–water partition coefficient (Wildman–Crippen LogP) is 2.19. The van der Waals surface area contributed by atoms with E-state index in [1.54, 1.807) is 12.1 Å². The van der Waals surface area contributed by atoms with Gasteiger partial charge < -0.3 is 0 Å². The van der Waals surface area contributed by atoms with E-state index in [2.05, 4.69) is 11.8 Å². The summed E-state index contributed by atoms with van der Waals surface area (Å²) >= 11 is 0. The lowest BCUT2D eigenvalue weighted by Gasteiger charge is -2.25. The zero-order chi connectivity index (χ0) is 15.6. The lowest BCUT2D eigenvalue weighted by Crippen LogP contribution is -2.28. The molecule has 0 amide bonds. The van der Waals surface area contributed by atoms with E-state index < -0.39 is 15.8 Å². The fraction of sp³-hybridized carbons (Fsp3) is 0.467. The average Bonchev–Trinajstić information content (AvgIpc) is 2.47. The van der Waals surface area contributed by atoms with E-state index in [1.807, 2.05) is 6.08 Å². The minimum Gasteiger partial charge on any atom is -0.300 e. The highest BCUT2D eigenvalue weighted by atomic mass is 32.2. The second-order valence-corrected chi connectivity index (χ2v) is 7.40. The molecular weight excluding hydrogens is 291 g/mol. The summed E-state index contributed by atoms with van der Waals surface area (Å²) in [4.78, 5) is 1.99. The van der Waals surface area contributed by atoms with E-state index in [-0.39, 0.29) is 4.90 Å². The Labute approximate surface area is 125 Å². The first kappa shape index (κ1) is 16.1. The summed E-state index contributed by atoms with van der Waals surface area (Å²) in [6, 6.07) is 4.56. The molecule has 1 aliphatic rings. The van der Waals surface area contributed by atoms with E-state index in [4.69, 9.17) is 0 Å². The van der Waals surface area contributed by atoms with Gasteiger partial charge in [-0.05, 0) is 24.6 Å². The summed E-state index contributed by atoms with van der Waals surface area (Å²) in [6.07, 6.45) is 2.72. The first-order valence-corrected chi connectivity index (χ1v) is 8.44. The summed E-state index contributed by atoms with van der Waals surface area (Å²) < 4.78 is 40.0. The molecule has 0 fully saturated rings. The maximum Gasteiger partial charge on any atom is 0.245 e. The Balaban J connectivity index is 2.42. The number of rotatable bonds is 4. The molecule has 4 nitrogen and oxygen atoms in total. The lowest BCUT2D eigenvalue weighted by atomic mass is 9.99. The maximum atomic E-state index is 14.6. The van der Waals surface area contributed by atoms with Gasteiger partial charge in [-0.25, -0.2) is 17.1 Å². The van der Waals surface area contributed by atoms with Crippen molar-refractivity contribution in [2.75, 3.05) is 33.7 Å². The fourth-order valence-corrected chi connectivity index (χ4v) is 3.38. The van der Waals surface area contributed by atoms with Crippen molar-refractivity contribution in [2.45, 2.75) is 18.2 Å². The standard InChI is InChI=1S/C15H21FN2O2S/c1-4-18-10-8-12(9-11-18)13-6-5-7-14(15(13)16)21(19,20)17(2)3/h5-8H,4,9-11H2,1-3H3. The molecule has 0 spiro atoms. The number of hydrogen-bond acceptors (Lipinski definition) is 3. The molecule has 0 aromatic heterocycles. The van der Waals surface area contributed by atoms with Crippen molar-refractivity contribution in [1.82, 2.24) is 9.21 Å². The number of hydrogen-bond donors (Lipinski definition) is 0. The van der Waals surface area contributed by atoms with Crippen molar-refractivity contribution in [3.05, 3.63) is 35.7 Å². The quantitative estimate of drug-likeness (QED) is 0.856. The summed E-state index contributed by atoms with van der Waals surface area (Å²) in [7, 11) is -0.957. The Morgan fingerprint density at radius 2 is 2.05 bits per heavy atom. The number of nitrogens with zero attached hydrogens (tertiary/aromatic N) is 2. The van der Waals surface area contributed by atoms with Crippen LogP contribution in [0.25, 0.3) is 5.57 Å². The van der Waals surface area contributed by atoms with Crippen molar-refractivity contribution in [3.8, 4) is 0 Å². The van der Waals surface area contributed by atoms with Crippen LogP contribution in [0.5, 0.6) is 0 Å². The molecule has 0 saturated heterocycles. The first-order chi connectivity index (χ1) is 9.87. The Morgan fingerprint density at radius 3 is 2.57 bits per heavy atom. The van der Waals surface area contributed by atoms with E-state index >= 15 is 0 Å². The van der Waals surface area contributed by atoms with Gasteiger partial charge in [-0.3, -0.25) is 4.90 Å². The highest BCUT2D eigenvalue weighted by Gasteiger charge is 2.25. The van der Waals surface area contributed by atoms with Crippen molar-refractivity contribution in [2.24, 2.45) is 0 Å². The van der Waals surface area contributed by atoms with Crippen molar-refractivity contribution >= 4 is 15.6 Å². The summed E-state index contributed by atoms with van der Waals surface area (Å²) in [5.41, 5.74) is 1.28. The SMILES string of the molecule is CCN1CC=C(c2cccc(S(=O)(=O)N(C)C)c2F)CC1. The van der Waals surface area contributed by atoms with Gasteiger partial charge in [-0.1, -0.05) is 25.1 Å². The molecule has 6 heteroatoms. The molecular formula is C15H21FN2O2S. The fourth-order valence-electron chi connectivity index (χ4n) is 2.40. The number of halogens is 1. The molecule has 21 heavy (non-hydrogen) atoms. The molecule has 1 aromatic carbocycles. The second kappa shape index (κ2) is 6.25. The lowest BCUT2D eigenvalue weighted by molar-refractivity contribution is 0.318. The van der Waals surface area contributed by atoms with Gasteiger partial charge in [0.05, 0.1) is 0 Å². The van der Waals surface area contributed by atoms with Crippen LogP contribution in [0.4, 0.5) is 4.39 Å². The zero-order valence-electron chi connectivity index (χ0n) is 12.6. The molecule has 1 aliphatic heterocycles. The van der Waals surface area contributed by atoms with Crippen molar-refractivity contribution in [3.63, 3.8) is 0 Å². The Kier molecular flexibility index (Phi) is 4.81. The molecule has 0 aliphatic carbocycles. The van der Waals surface area contributed by atoms with Gasteiger partial charge in [0.2, 0.25) is 10.0 Å². The van der Waals surface area contributed by atoms with Crippen LogP contribution in [0.15, 0.2) is 29.2 Å². The second-order valence-electron chi connectivity index (χ2n) is 5.28. The van der Waals surface area contributed by atoms with Crippen LogP contribution in [-0.2, 0) is 10.0 Å². The van der Waals surface area contributed by atoms with E-state index in [1.165, 1.54) is 20.2 Å². The minimum absolute atomic E-state index is 0.260. The highest BCUT2D eigenvalue weighted by Crippen LogP contribution is 2.28. The molecule has 0 radical (unpaired) electrons. The van der Waals surface area contributed by atoms with Gasteiger partial charge in [-0.15, -0.1) is 0 Å². The van der Waals surface area contributed by atoms with Crippen LogP contribution in [0.3, 0.4) is 0 Å². The van der Waals surface area contributed by atoms with E-state index in [0.717, 1.165) is 35.9 Å². The molecule has 0 N–H and O–H groups in total. The Bertz CT molecular complexity index is 654. The largest absolute Gasteiger partial charge is 0.300 e. The van der Waals surface area contributed by atoms with E-state index in [9.17, 15) is 12.8 Å². The van der Waals surface area contributed by atoms with E-state index in [0.29, 0.717) is 5.56 Å². The normalized spacial score (nSPS) is 17.1. The van der Waals surface area contributed by atoms with Crippen LogP contribution in [-0.4, -0.2) is 51.4 Å².